The number of nitrogens with two attached hydrogens (primary N) is 1. The van der Waals surface area contributed by atoms with E-state index in [-0.39, 0.29) is 11.3 Å². The van der Waals surface area contributed by atoms with E-state index >= 15 is 0 Å². The van der Waals surface area contributed by atoms with Crippen molar-refractivity contribution in [2.24, 2.45) is 5.73 Å². The van der Waals surface area contributed by atoms with Crippen LogP contribution in [0.25, 0.3) is 0 Å². The Labute approximate surface area is 110 Å². The zero-order chi connectivity index (χ0) is 13.8. The van der Waals surface area contributed by atoms with E-state index in [2.05, 4.69) is 33.8 Å². The molecule has 102 valence electrons. The lowest BCUT2D eigenvalue weighted by Gasteiger charge is -2.17. The number of carbonyl (C=O) groups excluding carboxylic acids is 1. The second-order valence-electron chi connectivity index (χ2n) is 5.89. The number of amides is 1. The number of primary amides is 1. The molecule has 0 bridgehead atoms. The summed E-state index contributed by atoms with van der Waals surface area (Å²) in [6, 6.07) is 2.10. The molecule has 0 aliphatic rings. The summed E-state index contributed by atoms with van der Waals surface area (Å²) in [5.41, 5.74) is 6.46. The summed E-state index contributed by atoms with van der Waals surface area (Å²) in [5.74, 6) is 1.65. The first-order valence-corrected chi connectivity index (χ1v) is 6.75. The number of rotatable bonds is 6. The van der Waals surface area contributed by atoms with E-state index in [9.17, 15) is 4.79 Å². The summed E-state index contributed by atoms with van der Waals surface area (Å²) in [7, 11) is 0. The number of hydrogen-bond donors (Lipinski definition) is 1. The third-order valence-corrected chi connectivity index (χ3v) is 2.96. The Balaban J connectivity index is 2.88. The third kappa shape index (κ3) is 4.21. The Bertz CT molecular complexity index is 399. The molecule has 3 heteroatoms. The summed E-state index contributed by atoms with van der Waals surface area (Å²) in [6.07, 6.45) is 4.33. The summed E-state index contributed by atoms with van der Waals surface area (Å²) in [6.45, 7) is 8.64. The molecule has 3 nitrogen and oxygen atoms in total. The van der Waals surface area contributed by atoms with Gasteiger partial charge in [0.1, 0.15) is 11.5 Å². The number of furan rings is 1. The number of hydrogen-bond acceptors (Lipinski definition) is 2. The van der Waals surface area contributed by atoms with Crippen molar-refractivity contribution in [1.29, 1.82) is 0 Å². The van der Waals surface area contributed by atoms with E-state index in [0.29, 0.717) is 12.8 Å². The standard InChI is InChI=1S/C15H25NO2/c1-5-6-7-11-10-12(8-9-13(16)17)18-14(11)15(2,3)4/h10H,5-9H2,1-4H3,(H2,16,17). The highest BCUT2D eigenvalue weighted by molar-refractivity contribution is 5.73. The molecule has 1 aromatic rings. The van der Waals surface area contributed by atoms with Crippen LogP contribution < -0.4 is 5.73 Å². The predicted octanol–water partition coefficient (Wildman–Crippen LogP) is 3.34. The molecule has 1 amide bonds. The van der Waals surface area contributed by atoms with Gasteiger partial charge >= 0.3 is 0 Å². The average molecular weight is 251 g/mol. The van der Waals surface area contributed by atoms with Crippen molar-refractivity contribution >= 4 is 5.91 Å². The Hall–Kier alpha value is -1.25. The first-order valence-electron chi connectivity index (χ1n) is 6.75. The summed E-state index contributed by atoms with van der Waals surface area (Å²) >= 11 is 0. The van der Waals surface area contributed by atoms with Crippen LogP contribution in [0.4, 0.5) is 0 Å². The highest BCUT2D eigenvalue weighted by Crippen LogP contribution is 2.30. The van der Waals surface area contributed by atoms with E-state index in [4.69, 9.17) is 10.2 Å². The van der Waals surface area contributed by atoms with Gasteiger partial charge in [-0.05, 0) is 24.5 Å². The molecule has 2 N–H and O–H groups in total. The minimum Gasteiger partial charge on any atom is -0.465 e. The van der Waals surface area contributed by atoms with Crippen molar-refractivity contribution in [2.75, 3.05) is 0 Å². The summed E-state index contributed by atoms with van der Waals surface area (Å²) in [4.78, 5) is 10.8. The van der Waals surface area contributed by atoms with Crippen molar-refractivity contribution in [3.05, 3.63) is 23.2 Å². The largest absolute Gasteiger partial charge is 0.465 e. The van der Waals surface area contributed by atoms with Gasteiger partial charge in [-0.25, -0.2) is 0 Å². The molecule has 0 spiro atoms. The molecule has 0 aliphatic carbocycles. The fourth-order valence-corrected chi connectivity index (χ4v) is 2.04. The van der Waals surface area contributed by atoms with Gasteiger partial charge in [0.25, 0.3) is 0 Å². The number of unbranched alkanes of at least 4 members (excludes halogenated alkanes) is 1. The van der Waals surface area contributed by atoms with Gasteiger partial charge < -0.3 is 10.2 Å². The normalized spacial score (nSPS) is 11.8. The van der Waals surface area contributed by atoms with Gasteiger partial charge in [-0.3, -0.25) is 4.79 Å². The van der Waals surface area contributed by atoms with E-state index in [0.717, 1.165) is 24.4 Å². The van der Waals surface area contributed by atoms with Gasteiger partial charge in [0, 0.05) is 18.3 Å². The maximum absolute atomic E-state index is 10.8. The smallest absolute Gasteiger partial charge is 0.217 e. The van der Waals surface area contributed by atoms with Crippen LogP contribution in [0.1, 0.15) is 64.0 Å². The first-order chi connectivity index (χ1) is 8.34. The van der Waals surface area contributed by atoms with E-state index in [1.54, 1.807) is 0 Å². The van der Waals surface area contributed by atoms with Gasteiger partial charge in [0.15, 0.2) is 0 Å². The molecule has 18 heavy (non-hydrogen) atoms. The molecular weight excluding hydrogens is 226 g/mol. The molecule has 0 aromatic carbocycles. The molecule has 0 radical (unpaired) electrons. The van der Waals surface area contributed by atoms with Gasteiger partial charge in [-0.15, -0.1) is 0 Å². The van der Waals surface area contributed by atoms with Crippen LogP contribution in [-0.4, -0.2) is 5.91 Å². The van der Waals surface area contributed by atoms with Crippen molar-refractivity contribution in [3.63, 3.8) is 0 Å². The van der Waals surface area contributed by atoms with Gasteiger partial charge in [0.2, 0.25) is 5.91 Å². The lowest BCUT2D eigenvalue weighted by Crippen LogP contribution is -2.12. The van der Waals surface area contributed by atoms with Crippen LogP contribution in [0.2, 0.25) is 0 Å². The van der Waals surface area contributed by atoms with E-state index in [1.165, 1.54) is 12.0 Å². The Morgan fingerprint density at radius 3 is 2.50 bits per heavy atom. The minimum atomic E-state index is -0.279. The van der Waals surface area contributed by atoms with Crippen molar-refractivity contribution in [1.82, 2.24) is 0 Å². The van der Waals surface area contributed by atoms with Crippen LogP contribution in [0, 0.1) is 0 Å². The highest BCUT2D eigenvalue weighted by atomic mass is 16.3. The Morgan fingerprint density at radius 1 is 1.33 bits per heavy atom. The minimum absolute atomic E-state index is 0.00798. The maximum atomic E-state index is 10.8. The molecule has 0 atom stereocenters. The Kier molecular flexibility index (Phi) is 5.00. The lowest BCUT2D eigenvalue weighted by atomic mass is 9.89. The van der Waals surface area contributed by atoms with Crippen molar-refractivity contribution in [3.8, 4) is 0 Å². The molecule has 0 unspecified atom stereocenters. The van der Waals surface area contributed by atoms with E-state index in [1.807, 2.05) is 0 Å². The maximum Gasteiger partial charge on any atom is 0.217 e. The second kappa shape index (κ2) is 6.07. The molecule has 0 saturated heterocycles. The van der Waals surface area contributed by atoms with Crippen molar-refractivity contribution < 1.29 is 9.21 Å². The van der Waals surface area contributed by atoms with Crippen LogP contribution in [0.15, 0.2) is 10.5 Å². The molecule has 1 heterocycles. The topological polar surface area (TPSA) is 56.2 Å². The van der Waals surface area contributed by atoms with Gasteiger partial charge in [0.05, 0.1) is 0 Å². The zero-order valence-electron chi connectivity index (χ0n) is 12.0. The molecule has 1 rings (SSSR count). The number of carbonyl (C=O) groups is 1. The molecule has 0 saturated carbocycles. The first kappa shape index (κ1) is 14.8. The quantitative estimate of drug-likeness (QED) is 0.843. The van der Waals surface area contributed by atoms with Gasteiger partial charge in [-0.2, -0.15) is 0 Å². The summed E-state index contributed by atoms with van der Waals surface area (Å²) < 4.78 is 5.92. The molecule has 0 aliphatic heterocycles. The Morgan fingerprint density at radius 2 is 2.00 bits per heavy atom. The molecule has 0 fully saturated rings. The predicted molar refractivity (Wildman–Crippen MR) is 73.5 cm³/mol. The van der Waals surface area contributed by atoms with Crippen molar-refractivity contribution in [2.45, 2.75) is 65.2 Å². The lowest BCUT2D eigenvalue weighted by molar-refractivity contribution is -0.118. The highest BCUT2D eigenvalue weighted by Gasteiger charge is 2.23. The summed E-state index contributed by atoms with van der Waals surface area (Å²) in [5, 5.41) is 0. The van der Waals surface area contributed by atoms with Crippen LogP contribution in [0.5, 0.6) is 0 Å². The third-order valence-electron chi connectivity index (χ3n) is 2.96. The second-order valence-corrected chi connectivity index (χ2v) is 5.89. The molecule has 1 aromatic heterocycles. The van der Waals surface area contributed by atoms with Crippen LogP contribution in [-0.2, 0) is 23.1 Å². The number of aryl methyl sites for hydroxylation is 2. The van der Waals surface area contributed by atoms with Crippen LogP contribution >= 0.6 is 0 Å². The fourth-order valence-electron chi connectivity index (χ4n) is 2.04. The molecular formula is C15H25NO2. The zero-order valence-corrected chi connectivity index (χ0v) is 12.0. The van der Waals surface area contributed by atoms with Gasteiger partial charge in [-0.1, -0.05) is 34.1 Å². The average Bonchev–Trinajstić information content (AvgIpc) is 2.66. The fraction of sp³-hybridized carbons (Fsp3) is 0.667. The monoisotopic (exact) mass is 251 g/mol. The van der Waals surface area contributed by atoms with Crippen LogP contribution in [0.3, 0.4) is 0 Å². The SMILES string of the molecule is CCCCc1cc(CCC(N)=O)oc1C(C)(C)C. The van der Waals surface area contributed by atoms with E-state index < -0.39 is 0 Å².